The Morgan fingerprint density at radius 3 is 2.56 bits per heavy atom. The molecule has 2 aromatic rings. The molecule has 0 radical (unpaired) electrons. The minimum atomic E-state index is -3.90. The highest BCUT2D eigenvalue weighted by atomic mass is 32.2. The van der Waals surface area contributed by atoms with Gasteiger partial charge in [-0.2, -0.15) is 0 Å². The number of carbonyl (C=O) groups is 1. The van der Waals surface area contributed by atoms with Crippen LogP contribution in [0.2, 0.25) is 0 Å². The van der Waals surface area contributed by atoms with Crippen LogP contribution >= 0.6 is 0 Å². The molecule has 6 nitrogen and oxygen atoms in total. The van der Waals surface area contributed by atoms with Gasteiger partial charge in [0, 0.05) is 24.4 Å². The van der Waals surface area contributed by atoms with Crippen LogP contribution in [0.25, 0.3) is 5.70 Å². The minimum Gasteiger partial charge on any atom is -0.381 e. The smallest absolute Gasteiger partial charge is 0.269 e. The fraction of sp³-hybridized carbons (Fsp3) is 0.250. The molecule has 2 aliphatic rings. The van der Waals surface area contributed by atoms with Crippen molar-refractivity contribution in [3.63, 3.8) is 0 Å². The normalized spacial score (nSPS) is 20.4. The van der Waals surface area contributed by atoms with Crippen LogP contribution in [0, 0.1) is 0 Å². The molecular formula is C20H20N2O4S. The first kappa shape index (κ1) is 17.8. The van der Waals surface area contributed by atoms with Gasteiger partial charge in [-0.15, -0.1) is 0 Å². The zero-order valence-electron chi connectivity index (χ0n) is 14.6. The number of hydrogen-bond donors (Lipinski definition) is 2. The molecule has 27 heavy (non-hydrogen) atoms. The molecule has 0 unspecified atom stereocenters. The number of sulfone groups is 1. The molecule has 0 aromatic heterocycles. The van der Waals surface area contributed by atoms with Gasteiger partial charge in [0.05, 0.1) is 16.7 Å². The standard InChI is InChI=1S/C20H20N2O4S/c23-20(22-14-7-2-1-3-8-14)19-18(21-13-15-9-6-12-26-15)16-10-4-5-11-17(16)27(19,24)25/h1-5,7-8,10-11,15,21H,6,9,12-13H2,(H,22,23)/t15-/m1/s1. The molecule has 0 spiro atoms. The van der Waals surface area contributed by atoms with Crippen LogP contribution in [-0.2, 0) is 19.4 Å². The summed E-state index contributed by atoms with van der Waals surface area (Å²) >= 11 is 0. The van der Waals surface area contributed by atoms with Crippen molar-refractivity contribution in [2.24, 2.45) is 0 Å². The molecule has 2 aliphatic heterocycles. The van der Waals surface area contributed by atoms with Crippen LogP contribution in [-0.4, -0.2) is 33.6 Å². The predicted molar refractivity (Wildman–Crippen MR) is 103 cm³/mol. The zero-order chi connectivity index (χ0) is 18.9. The van der Waals surface area contributed by atoms with Gasteiger partial charge in [-0.3, -0.25) is 4.79 Å². The Morgan fingerprint density at radius 1 is 1.07 bits per heavy atom. The second-order valence-electron chi connectivity index (χ2n) is 6.54. The van der Waals surface area contributed by atoms with Crippen molar-refractivity contribution in [2.45, 2.75) is 23.8 Å². The largest absolute Gasteiger partial charge is 0.381 e. The quantitative estimate of drug-likeness (QED) is 0.828. The average Bonchev–Trinajstić information content (AvgIpc) is 3.26. The van der Waals surface area contributed by atoms with Gasteiger partial charge in [0.15, 0.2) is 4.91 Å². The number of benzene rings is 2. The highest BCUT2D eigenvalue weighted by Crippen LogP contribution is 2.38. The lowest BCUT2D eigenvalue weighted by Gasteiger charge is -2.14. The summed E-state index contributed by atoms with van der Waals surface area (Å²) in [5.41, 5.74) is 1.41. The molecular weight excluding hydrogens is 364 g/mol. The Hall–Kier alpha value is -2.64. The first-order valence-electron chi connectivity index (χ1n) is 8.88. The summed E-state index contributed by atoms with van der Waals surface area (Å²) < 4.78 is 31.7. The Kier molecular flexibility index (Phi) is 4.72. The van der Waals surface area contributed by atoms with E-state index in [1.54, 1.807) is 42.5 Å². The summed E-state index contributed by atoms with van der Waals surface area (Å²) in [6, 6.07) is 15.5. The second kappa shape index (κ2) is 7.17. The monoisotopic (exact) mass is 384 g/mol. The Labute approximate surface area is 158 Å². The summed E-state index contributed by atoms with van der Waals surface area (Å²) in [5, 5.41) is 5.85. The highest BCUT2D eigenvalue weighted by molar-refractivity contribution is 7.97. The molecule has 0 saturated carbocycles. The van der Waals surface area contributed by atoms with Crippen LogP contribution in [0.5, 0.6) is 0 Å². The van der Waals surface area contributed by atoms with Gasteiger partial charge in [-0.05, 0) is 31.0 Å². The fourth-order valence-electron chi connectivity index (χ4n) is 3.42. The van der Waals surface area contributed by atoms with E-state index < -0.39 is 15.7 Å². The Balaban J connectivity index is 1.70. The van der Waals surface area contributed by atoms with Crippen LogP contribution in [0.3, 0.4) is 0 Å². The molecule has 2 aromatic carbocycles. The van der Waals surface area contributed by atoms with Crippen molar-refractivity contribution in [3.8, 4) is 0 Å². The third kappa shape index (κ3) is 3.36. The number of nitrogens with one attached hydrogen (secondary N) is 2. The van der Waals surface area contributed by atoms with Crippen molar-refractivity contribution in [1.82, 2.24) is 5.32 Å². The number of ether oxygens (including phenoxy) is 1. The number of carbonyl (C=O) groups excluding carboxylic acids is 1. The Bertz CT molecular complexity index is 994. The lowest BCUT2D eigenvalue weighted by atomic mass is 10.1. The average molecular weight is 384 g/mol. The summed E-state index contributed by atoms with van der Waals surface area (Å²) in [6.07, 6.45) is 1.92. The molecule has 1 fully saturated rings. The number of amides is 1. The van der Waals surface area contributed by atoms with Gasteiger partial charge in [0.1, 0.15) is 0 Å². The number of para-hydroxylation sites is 1. The van der Waals surface area contributed by atoms with Gasteiger partial charge in [0.2, 0.25) is 9.84 Å². The minimum absolute atomic E-state index is 0.0198. The van der Waals surface area contributed by atoms with Gasteiger partial charge in [-0.25, -0.2) is 8.42 Å². The third-order valence-electron chi connectivity index (χ3n) is 4.71. The van der Waals surface area contributed by atoms with Crippen LogP contribution in [0.1, 0.15) is 18.4 Å². The van der Waals surface area contributed by atoms with E-state index in [1.807, 2.05) is 6.07 Å². The molecule has 1 saturated heterocycles. The molecule has 1 atom stereocenters. The van der Waals surface area contributed by atoms with Crippen molar-refractivity contribution < 1.29 is 17.9 Å². The van der Waals surface area contributed by atoms with E-state index in [-0.39, 0.29) is 15.9 Å². The Morgan fingerprint density at radius 2 is 1.81 bits per heavy atom. The molecule has 140 valence electrons. The van der Waals surface area contributed by atoms with E-state index in [0.29, 0.717) is 30.1 Å². The van der Waals surface area contributed by atoms with E-state index in [4.69, 9.17) is 4.74 Å². The second-order valence-corrected chi connectivity index (χ2v) is 8.39. The summed E-state index contributed by atoms with van der Waals surface area (Å²) in [4.78, 5) is 12.8. The molecule has 0 bridgehead atoms. The number of anilines is 1. The highest BCUT2D eigenvalue weighted by Gasteiger charge is 2.40. The van der Waals surface area contributed by atoms with Crippen molar-refractivity contribution in [1.29, 1.82) is 0 Å². The van der Waals surface area contributed by atoms with E-state index in [2.05, 4.69) is 10.6 Å². The first-order valence-corrected chi connectivity index (χ1v) is 10.4. The van der Waals surface area contributed by atoms with Crippen LogP contribution in [0.15, 0.2) is 64.4 Å². The van der Waals surface area contributed by atoms with Gasteiger partial charge < -0.3 is 15.4 Å². The zero-order valence-corrected chi connectivity index (χ0v) is 15.5. The number of rotatable bonds is 5. The lowest BCUT2D eigenvalue weighted by Crippen LogP contribution is -2.27. The summed E-state index contributed by atoms with van der Waals surface area (Å²) in [7, 11) is -3.90. The molecule has 4 rings (SSSR count). The third-order valence-corrected chi connectivity index (χ3v) is 6.57. The van der Waals surface area contributed by atoms with E-state index in [9.17, 15) is 13.2 Å². The van der Waals surface area contributed by atoms with Gasteiger partial charge >= 0.3 is 0 Å². The maximum atomic E-state index is 13.0. The van der Waals surface area contributed by atoms with Gasteiger partial charge in [0.25, 0.3) is 5.91 Å². The molecule has 0 aliphatic carbocycles. The first-order chi connectivity index (χ1) is 13.1. The predicted octanol–water partition coefficient (Wildman–Crippen LogP) is 2.55. The molecule has 2 N–H and O–H groups in total. The van der Waals surface area contributed by atoms with Crippen molar-refractivity contribution in [3.05, 3.63) is 65.1 Å². The maximum absolute atomic E-state index is 13.0. The number of fused-ring (bicyclic) bond motifs is 1. The lowest BCUT2D eigenvalue weighted by molar-refractivity contribution is -0.112. The summed E-state index contributed by atoms with van der Waals surface area (Å²) in [6.45, 7) is 1.17. The molecule has 2 heterocycles. The SMILES string of the molecule is O=C(Nc1ccccc1)C1=C(NC[C@H]2CCCO2)c2ccccc2S1(=O)=O. The van der Waals surface area contributed by atoms with Crippen molar-refractivity contribution >= 4 is 27.1 Å². The number of hydrogen-bond acceptors (Lipinski definition) is 5. The van der Waals surface area contributed by atoms with Crippen LogP contribution in [0.4, 0.5) is 5.69 Å². The van der Waals surface area contributed by atoms with Gasteiger partial charge in [-0.1, -0.05) is 36.4 Å². The topological polar surface area (TPSA) is 84.5 Å². The van der Waals surface area contributed by atoms with E-state index >= 15 is 0 Å². The van der Waals surface area contributed by atoms with E-state index in [1.165, 1.54) is 6.07 Å². The summed E-state index contributed by atoms with van der Waals surface area (Å²) in [5.74, 6) is -0.646. The fourth-order valence-corrected chi connectivity index (χ4v) is 5.10. The van der Waals surface area contributed by atoms with Crippen molar-refractivity contribution in [2.75, 3.05) is 18.5 Å². The maximum Gasteiger partial charge on any atom is 0.269 e. The molecule has 1 amide bonds. The molecule has 7 heteroatoms. The van der Waals surface area contributed by atoms with Crippen LogP contribution < -0.4 is 10.6 Å². The van der Waals surface area contributed by atoms with E-state index in [0.717, 1.165) is 12.8 Å².